The molecule has 0 bridgehead atoms. The second-order valence-electron chi connectivity index (χ2n) is 3.72. The van der Waals surface area contributed by atoms with Gasteiger partial charge in [0.1, 0.15) is 11.6 Å². The fraction of sp³-hybridized carbons (Fsp3) is 0.250. The van der Waals surface area contributed by atoms with E-state index in [2.05, 4.69) is 15.3 Å². The van der Waals surface area contributed by atoms with E-state index >= 15 is 0 Å². The van der Waals surface area contributed by atoms with Gasteiger partial charge in [-0.3, -0.25) is 0 Å². The van der Waals surface area contributed by atoms with Crippen molar-refractivity contribution in [2.24, 2.45) is 0 Å². The fourth-order valence-corrected chi connectivity index (χ4v) is 1.77. The van der Waals surface area contributed by atoms with E-state index in [1.54, 1.807) is 12.1 Å². The Kier molecular flexibility index (Phi) is 3.76. The number of H-pyrrole nitrogens is 1. The van der Waals surface area contributed by atoms with E-state index in [1.165, 1.54) is 12.1 Å². The summed E-state index contributed by atoms with van der Waals surface area (Å²) in [6.07, 6.45) is 0.781. The Bertz CT molecular complexity index is 493. The maximum Gasteiger partial charge on any atom is 0.150 e. The van der Waals surface area contributed by atoms with Gasteiger partial charge in [-0.15, -0.1) is 0 Å². The lowest BCUT2D eigenvalue weighted by atomic mass is 10.2. The minimum absolute atomic E-state index is 0.262. The van der Waals surface area contributed by atoms with Crippen molar-refractivity contribution in [3.8, 4) is 11.4 Å². The summed E-state index contributed by atoms with van der Waals surface area (Å²) in [5, 5.41) is 3.52. The molecular formula is C12H13ClFN3. The standard InChI is InChI=1S/C12H13ClFN3/c1-15-7-6-10-11(13)17-12(16-10)8-2-4-9(14)5-3-8/h2-5,15H,6-7H2,1H3,(H,16,17). The second-order valence-corrected chi connectivity index (χ2v) is 4.07. The molecule has 2 rings (SSSR count). The van der Waals surface area contributed by atoms with Gasteiger partial charge in [-0.25, -0.2) is 9.37 Å². The molecule has 0 aliphatic carbocycles. The van der Waals surface area contributed by atoms with E-state index in [-0.39, 0.29) is 5.82 Å². The highest BCUT2D eigenvalue weighted by Gasteiger charge is 2.09. The predicted molar refractivity (Wildman–Crippen MR) is 66.6 cm³/mol. The van der Waals surface area contributed by atoms with Gasteiger partial charge >= 0.3 is 0 Å². The maximum atomic E-state index is 12.8. The number of hydrogen-bond donors (Lipinski definition) is 2. The van der Waals surface area contributed by atoms with Crippen molar-refractivity contribution >= 4 is 11.6 Å². The number of nitrogens with one attached hydrogen (secondary N) is 2. The zero-order valence-electron chi connectivity index (χ0n) is 9.43. The molecule has 90 valence electrons. The van der Waals surface area contributed by atoms with Gasteiger partial charge in [-0.1, -0.05) is 11.6 Å². The molecule has 0 amide bonds. The van der Waals surface area contributed by atoms with Gasteiger partial charge in [0.15, 0.2) is 5.15 Å². The van der Waals surface area contributed by atoms with Crippen molar-refractivity contribution < 1.29 is 4.39 Å². The van der Waals surface area contributed by atoms with Crippen LogP contribution in [0.2, 0.25) is 5.15 Å². The van der Waals surface area contributed by atoms with Crippen molar-refractivity contribution in [3.63, 3.8) is 0 Å². The van der Waals surface area contributed by atoms with Gasteiger partial charge in [0.2, 0.25) is 0 Å². The van der Waals surface area contributed by atoms with Gasteiger partial charge in [0.25, 0.3) is 0 Å². The molecule has 0 unspecified atom stereocenters. The van der Waals surface area contributed by atoms with Crippen molar-refractivity contribution in [2.75, 3.05) is 13.6 Å². The molecular weight excluding hydrogens is 241 g/mol. The number of halogens is 2. The molecule has 0 spiro atoms. The van der Waals surface area contributed by atoms with Crippen LogP contribution in [0.3, 0.4) is 0 Å². The molecule has 1 heterocycles. The number of likely N-dealkylation sites (N-methyl/N-ethyl adjacent to an activating group) is 1. The lowest BCUT2D eigenvalue weighted by molar-refractivity contribution is 0.628. The summed E-state index contributed by atoms with van der Waals surface area (Å²) in [6.45, 7) is 0.824. The molecule has 17 heavy (non-hydrogen) atoms. The van der Waals surface area contributed by atoms with Gasteiger partial charge in [0.05, 0.1) is 5.69 Å². The molecule has 0 radical (unpaired) electrons. The molecule has 0 aliphatic heterocycles. The first-order chi connectivity index (χ1) is 8.20. The Balaban J connectivity index is 2.24. The first-order valence-corrected chi connectivity index (χ1v) is 5.73. The summed E-state index contributed by atoms with van der Waals surface area (Å²) in [4.78, 5) is 7.37. The number of rotatable bonds is 4. The van der Waals surface area contributed by atoms with Crippen LogP contribution in [0, 0.1) is 5.82 Å². The smallest absolute Gasteiger partial charge is 0.150 e. The van der Waals surface area contributed by atoms with E-state index in [9.17, 15) is 4.39 Å². The van der Waals surface area contributed by atoms with Crippen molar-refractivity contribution in [1.82, 2.24) is 15.3 Å². The van der Waals surface area contributed by atoms with Crippen LogP contribution in [0.25, 0.3) is 11.4 Å². The van der Waals surface area contributed by atoms with Gasteiger partial charge in [-0.05, 0) is 31.3 Å². The minimum Gasteiger partial charge on any atom is -0.341 e. The van der Waals surface area contributed by atoms with Crippen LogP contribution in [-0.2, 0) is 6.42 Å². The van der Waals surface area contributed by atoms with E-state index in [1.807, 2.05) is 7.05 Å². The third kappa shape index (κ3) is 2.84. The normalized spacial score (nSPS) is 10.8. The number of hydrogen-bond acceptors (Lipinski definition) is 2. The molecule has 0 atom stereocenters. The summed E-state index contributed by atoms with van der Waals surface area (Å²) in [5.74, 6) is 0.405. The first-order valence-electron chi connectivity index (χ1n) is 5.35. The monoisotopic (exact) mass is 253 g/mol. The van der Waals surface area contributed by atoms with Crippen LogP contribution < -0.4 is 5.32 Å². The Labute approximate surface area is 104 Å². The topological polar surface area (TPSA) is 40.7 Å². The Hall–Kier alpha value is -1.39. The number of nitrogens with zero attached hydrogens (tertiary/aromatic N) is 1. The van der Waals surface area contributed by atoms with E-state index in [0.717, 1.165) is 24.2 Å². The third-order valence-electron chi connectivity index (χ3n) is 2.47. The Morgan fingerprint density at radius 1 is 1.35 bits per heavy atom. The number of imidazole rings is 1. The molecule has 0 fully saturated rings. The predicted octanol–water partition coefficient (Wildman–Crippen LogP) is 2.63. The summed E-state index contributed by atoms with van der Waals surface area (Å²) in [6, 6.07) is 6.15. The van der Waals surface area contributed by atoms with Gasteiger partial charge < -0.3 is 10.3 Å². The van der Waals surface area contributed by atoms with Crippen LogP contribution >= 0.6 is 11.6 Å². The minimum atomic E-state index is -0.262. The largest absolute Gasteiger partial charge is 0.341 e. The zero-order valence-corrected chi connectivity index (χ0v) is 10.2. The van der Waals surface area contributed by atoms with Crippen molar-refractivity contribution in [3.05, 3.63) is 40.9 Å². The van der Waals surface area contributed by atoms with Crippen LogP contribution in [0.15, 0.2) is 24.3 Å². The summed E-state index contributed by atoms with van der Waals surface area (Å²) in [7, 11) is 1.88. The number of aromatic amines is 1. The zero-order chi connectivity index (χ0) is 12.3. The Morgan fingerprint density at radius 3 is 2.71 bits per heavy atom. The molecule has 0 aliphatic rings. The van der Waals surface area contributed by atoms with E-state index in [4.69, 9.17) is 11.6 Å². The highest BCUT2D eigenvalue weighted by atomic mass is 35.5. The summed E-state index contributed by atoms with van der Waals surface area (Å²) in [5.41, 5.74) is 1.71. The highest BCUT2D eigenvalue weighted by Crippen LogP contribution is 2.21. The quantitative estimate of drug-likeness (QED) is 0.880. The molecule has 0 saturated heterocycles. The van der Waals surface area contributed by atoms with Crippen LogP contribution in [0.5, 0.6) is 0 Å². The molecule has 2 N–H and O–H groups in total. The lowest BCUT2D eigenvalue weighted by Gasteiger charge is -1.97. The average Bonchev–Trinajstić information content (AvgIpc) is 2.69. The maximum absolute atomic E-state index is 12.8. The molecule has 1 aromatic heterocycles. The summed E-state index contributed by atoms with van der Waals surface area (Å²) >= 11 is 6.02. The Morgan fingerprint density at radius 2 is 2.06 bits per heavy atom. The summed E-state index contributed by atoms with van der Waals surface area (Å²) < 4.78 is 12.8. The molecule has 2 aromatic rings. The first kappa shape index (κ1) is 12.1. The second kappa shape index (κ2) is 5.29. The number of benzene rings is 1. The van der Waals surface area contributed by atoms with Crippen molar-refractivity contribution in [2.45, 2.75) is 6.42 Å². The van der Waals surface area contributed by atoms with Crippen LogP contribution in [0.4, 0.5) is 4.39 Å². The SMILES string of the molecule is CNCCc1[nH]c(-c2ccc(F)cc2)nc1Cl. The van der Waals surface area contributed by atoms with Gasteiger partial charge in [-0.2, -0.15) is 0 Å². The van der Waals surface area contributed by atoms with E-state index in [0.29, 0.717) is 11.0 Å². The average molecular weight is 254 g/mol. The van der Waals surface area contributed by atoms with E-state index < -0.39 is 0 Å². The van der Waals surface area contributed by atoms with Crippen LogP contribution in [-0.4, -0.2) is 23.6 Å². The van der Waals surface area contributed by atoms with Crippen LogP contribution in [0.1, 0.15) is 5.69 Å². The molecule has 1 aromatic carbocycles. The lowest BCUT2D eigenvalue weighted by Crippen LogP contribution is -2.10. The fourth-order valence-electron chi connectivity index (χ4n) is 1.55. The molecule has 5 heteroatoms. The van der Waals surface area contributed by atoms with Crippen molar-refractivity contribution in [1.29, 1.82) is 0 Å². The number of aromatic nitrogens is 2. The molecule has 3 nitrogen and oxygen atoms in total. The third-order valence-corrected chi connectivity index (χ3v) is 2.78. The highest BCUT2D eigenvalue weighted by molar-refractivity contribution is 6.30. The van der Waals surface area contributed by atoms with Gasteiger partial charge in [0, 0.05) is 18.5 Å². The molecule has 0 saturated carbocycles.